The van der Waals surface area contributed by atoms with Crippen LogP contribution in [0.2, 0.25) is 0 Å². The van der Waals surface area contributed by atoms with Gasteiger partial charge in [0.15, 0.2) is 0 Å². The molecule has 9 heteroatoms. The smallest absolute Gasteiger partial charge is 0.417 e. The lowest BCUT2D eigenvalue weighted by Gasteiger charge is -2.39. The van der Waals surface area contributed by atoms with E-state index < -0.39 is 17.7 Å². The maximum absolute atomic E-state index is 13.5. The minimum absolute atomic E-state index is 0.128. The van der Waals surface area contributed by atoms with Gasteiger partial charge >= 0.3 is 12.1 Å². The van der Waals surface area contributed by atoms with E-state index in [9.17, 15) is 18.0 Å². The van der Waals surface area contributed by atoms with Crippen LogP contribution in [0.1, 0.15) is 35.1 Å². The number of carbonyl (C=O) groups is 1. The van der Waals surface area contributed by atoms with E-state index in [1.807, 2.05) is 18.2 Å². The standard InChI is InChI=1S/C29H24F3N3O3/c1-16-10-18(8-9-23(16)24-4-2-3-5-25(24)29(30,31)32)27-33-26(34-38-27)17-6-7-19-14-35(15-21(19)11-17)22-12-20(13-22)28(36)37/h2-11,20,22H,12-15H2,1H3,(H,36,37). The minimum Gasteiger partial charge on any atom is -0.481 e. The second-order valence-corrected chi connectivity index (χ2v) is 10.0. The summed E-state index contributed by atoms with van der Waals surface area (Å²) in [4.78, 5) is 18.0. The van der Waals surface area contributed by atoms with Gasteiger partial charge in [0.2, 0.25) is 5.82 Å². The van der Waals surface area contributed by atoms with Crippen molar-refractivity contribution < 1.29 is 27.6 Å². The summed E-state index contributed by atoms with van der Waals surface area (Å²) < 4.78 is 46.1. The first-order valence-electron chi connectivity index (χ1n) is 12.4. The average molecular weight is 520 g/mol. The summed E-state index contributed by atoms with van der Waals surface area (Å²) in [6.07, 6.45) is -3.08. The molecule has 4 aromatic rings. The molecule has 1 aliphatic heterocycles. The highest BCUT2D eigenvalue weighted by molar-refractivity contribution is 5.74. The van der Waals surface area contributed by atoms with Gasteiger partial charge in [-0.05, 0) is 71.8 Å². The lowest BCUT2D eigenvalue weighted by atomic mass is 9.79. The summed E-state index contributed by atoms with van der Waals surface area (Å²) in [5, 5.41) is 13.3. The van der Waals surface area contributed by atoms with Crippen molar-refractivity contribution in [1.29, 1.82) is 0 Å². The van der Waals surface area contributed by atoms with Crippen LogP contribution in [0.3, 0.4) is 0 Å². The molecule has 0 unspecified atom stereocenters. The van der Waals surface area contributed by atoms with Crippen LogP contribution in [0.25, 0.3) is 34.0 Å². The van der Waals surface area contributed by atoms with Crippen molar-refractivity contribution in [3.05, 3.63) is 82.9 Å². The molecule has 1 aliphatic carbocycles. The minimum atomic E-state index is -4.45. The van der Waals surface area contributed by atoms with Crippen LogP contribution < -0.4 is 0 Å². The summed E-state index contributed by atoms with van der Waals surface area (Å²) >= 11 is 0. The lowest BCUT2D eigenvalue weighted by Crippen LogP contribution is -2.44. The van der Waals surface area contributed by atoms with Crippen LogP contribution in [-0.2, 0) is 24.1 Å². The zero-order chi connectivity index (χ0) is 26.6. The van der Waals surface area contributed by atoms with Gasteiger partial charge in [-0.15, -0.1) is 0 Å². The van der Waals surface area contributed by atoms with E-state index in [4.69, 9.17) is 9.63 Å². The Labute approximate surface area is 216 Å². The number of hydrogen-bond acceptors (Lipinski definition) is 5. The number of aliphatic carboxylic acids is 1. The zero-order valence-electron chi connectivity index (χ0n) is 20.5. The molecule has 194 valence electrons. The number of carboxylic acid groups (broad SMARTS) is 1. The maximum Gasteiger partial charge on any atom is 0.417 e. The Hall–Kier alpha value is -3.98. The number of rotatable bonds is 5. The van der Waals surface area contributed by atoms with Crippen molar-refractivity contribution in [3.8, 4) is 34.0 Å². The van der Waals surface area contributed by atoms with Gasteiger partial charge in [-0.2, -0.15) is 18.2 Å². The van der Waals surface area contributed by atoms with Gasteiger partial charge in [-0.3, -0.25) is 9.69 Å². The molecule has 0 atom stereocenters. The second-order valence-electron chi connectivity index (χ2n) is 10.0. The van der Waals surface area contributed by atoms with E-state index in [2.05, 4.69) is 15.0 Å². The van der Waals surface area contributed by atoms with Crippen molar-refractivity contribution in [2.75, 3.05) is 0 Å². The molecule has 1 fully saturated rings. The predicted molar refractivity (Wildman–Crippen MR) is 134 cm³/mol. The molecule has 3 aromatic carbocycles. The van der Waals surface area contributed by atoms with Gasteiger partial charge in [0, 0.05) is 30.3 Å². The zero-order valence-corrected chi connectivity index (χ0v) is 20.5. The number of aryl methyl sites for hydroxylation is 1. The van der Waals surface area contributed by atoms with Gasteiger partial charge in [-0.1, -0.05) is 41.6 Å². The summed E-state index contributed by atoms with van der Waals surface area (Å²) in [7, 11) is 0. The Morgan fingerprint density at radius 1 is 0.974 bits per heavy atom. The Bertz CT molecular complexity index is 1540. The van der Waals surface area contributed by atoms with Gasteiger partial charge in [-0.25, -0.2) is 0 Å². The molecule has 1 N–H and O–H groups in total. The monoisotopic (exact) mass is 519 g/mol. The quantitative estimate of drug-likeness (QED) is 0.321. The van der Waals surface area contributed by atoms with Gasteiger partial charge in [0.05, 0.1) is 11.5 Å². The van der Waals surface area contributed by atoms with Crippen molar-refractivity contribution in [1.82, 2.24) is 15.0 Å². The summed E-state index contributed by atoms with van der Waals surface area (Å²) in [6, 6.07) is 17.0. The first-order valence-corrected chi connectivity index (χ1v) is 12.4. The molecule has 2 heterocycles. The van der Waals surface area contributed by atoms with E-state index in [0.717, 1.165) is 30.3 Å². The number of nitrogens with zero attached hydrogens (tertiary/aromatic N) is 3. The van der Waals surface area contributed by atoms with E-state index in [1.54, 1.807) is 31.2 Å². The predicted octanol–water partition coefficient (Wildman–Crippen LogP) is 6.58. The highest BCUT2D eigenvalue weighted by atomic mass is 19.4. The molecule has 0 amide bonds. The molecule has 38 heavy (non-hydrogen) atoms. The third-order valence-electron chi connectivity index (χ3n) is 7.61. The SMILES string of the molecule is Cc1cc(-c2nc(-c3ccc4c(c3)CN(C3CC(C(=O)O)C3)C4)no2)ccc1-c1ccccc1C(F)(F)F. The van der Waals surface area contributed by atoms with E-state index in [-0.39, 0.29) is 23.4 Å². The van der Waals surface area contributed by atoms with E-state index in [0.29, 0.717) is 35.4 Å². The van der Waals surface area contributed by atoms with Crippen molar-refractivity contribution >= 4 is 5.97 Å². The summed E-state index contributed by atoms with van der Waals surface area (Å²) in [5.74, 6) is -0.242. The summed E-state index contributed by atoms with van der Waals surface area (Å²) in [6.45, 7) is 3.31. The third-order valence-corrected chi connectivity index (χ3v) is 7.61. The van der Waals surface area contributed by atoms with Gasteiger partial charge < -0.3 is 9.63 Å². The molecule has 1 aromatic heterocycles. The molecule has 0 radical (unpaired) electrons. The van der Waals surface area contributed by atoms with Gasteiger partial charge in [0.25, 0.3) is 5.89 Å². The molecular formula is C29H24F3N3O3. The molecule has 0 saturated heterocycles. The topological polar surface area (TPSA) is 79.5 Å². The molecule has 0 spiro atoms. The number of fused-ring (bicyclic) bond motifs is 1. The first-order chi connectivity index (χ1) is 18.2. The number of alkyl halides is 3. The molecule has 6 nitrogen and oxygen atoms in total. The highest BCUT2D eigenvalue weighted by Crippen LogP contribution is 2.40. The largest absolute Gasteiger partial charge is 0.481 e. The van der Waals surface area contributed by atoms with Crippen LogP contribution >= 0.6 is 0 Å². The molecule has 6 rings (SSSR count). The van der Waals surface area contributed by atoms with Crippen LogP contribution in [0.5, 0.6) is 0 Å². The molecular weight excluding hydrogens is 495 g/mol. The molecule has 1 saturated carbocycles. The Balaban J connectivity index is 1.21. The fourth-order valence-corrected chi connectivity index (χ4v) is 5.43. The maximum atomic E-state index is 13.5. The van der Waals surface area contributed by atoms with Crippen LogP contribution in [0.4, 0.5) is 13.2 Å². The number of aromatic nitrogens is 2. The fraction of sp³-hybridized carbons (Fsp3) is 0.276. The van der Waals surface area contributed by atoms with Gasteiger partial charge in [0.1, 0.15) is 0 Å². The van der Waals surface area contributed by atoms with Crippen LogP contribution in [0, 0.1) is 12.8 Å². The van der Waals surface area contributed by atoms with E-state index in [1.165, 1.54) is 17.7 Å². The van der Waals surface area contributed by atoms with E-state index >= 15 is 0 Å². The number of hydrogen-bond donors (Lipinski definition) is 1. The molecule has 2 aliphatic rings. The Morgan fingerprint density at radius 3 is 2.45 bits per heavy atom. The normalized spacial score (nSPS) is 19.3. The Kier molecular flexibility index (Phi) is 5.83. The van der Waals surface area contributed by atoms with Crippen molar-refractivity contribution in [3.63, 3.8) is 0 Å². The van der Waals surface area contributed by atoms with Crippen LogP contribution in [-0.4, -0.2) is 32.2 Å². The number of benzene rings is 3. The highest BCUT2D eigenvalue weighted by Gasteiger charge is 2.39. The first kappa shape index (κ1) is 24.4. The third kappa shape index (κ3) is 4.36. The average Bonchev–Trinajstić information content (AvgIpc) is 3.49. The number of halogens is 3. The number of carboxylic acids is 1. The fourth-order valence-electron chi connectivity index (χ4n) is 5.43. The van der Waals surface area contributed by atoms with Crippen LogP contribution in [0.15, 0.2) is 65.2 Å². The molecule has 0 bridgehead atoms. The van der Waals surface area contributed by atoms with Crippen molar-refractivity contribution in [2.45, 2.75) is 45.1 Å². The van der Waals surface area contributed by atoms with Crippen molar-refractivity contribution in [2.24, 2.45) is 5.92 Å². The lowest BCUT2D eigenvalue weighted by molar-refractivity contribution is -0.147. The second kappa shape index (κ2) is 9.09. The Morgan fingerprint density at radius 2 is 1.71 bits per heavy atom. The summed E-state index contributed by atoms with van der Waals surface area (Å²) in [5.41, 5.74) is 4.42.